The van der Waals surface area contributed by atoms with E-state index in [-0.39, 0.29) is 5.91 Å². The van der Waals surface area contributed by atoms with Crippen LogP contribution in [0.4, 0.5) is 0 Å². The van der Waals surface area contributed by atoms with Gasteiger partial charge in [-0.25, -0.2) is 0 Å². The van der Waals surface area contributed by atoms with Crippen LogP contribution in [-0.2, 0) is 15.0 Å². The largest absolute Gasteiger partial charge is 0.337 e. The second kappa shape index (κ2) is 5.61. The molecule has 1 amide bonds. The normalized spacial score (nSPS) is 19.2. The smallest absolute Gasteiger partial charge is 0.281 e. The Hall–Kier alpha value is -0.920. The lowest BCUT2D eigenvalue weighted by molar-refractivity contribution is -0.127. The summed E-state index contributed by atoms with van der Waals surface area (Å²) >= 11 is 0. The third kappa shape index (κ3) is 3.27. The average molecular weight is 261 g/mol. The molecule has 0 atom stereocenters. The molecule has 98 valence electrons. The van der Waals surface area contributed by atoms with Crippen molar-refractivity contribution < 1.29 is 13.2 Å². The van der Waals surface area contributed by atoms with E-state index in [2.05, 4.69) is 0 Å². The molecule has 7 heteroatoms. The van der Waals surface area contributed by atoms with Crippen LogP contribution in [0.3, 0.4) is 0 Å². The minimum atomic E-state index is -3.35. The first-order chi connectivity index (χ1) is 7.89. The highest BCUT2D eigenvalue weighted by Crippen LogP contribution is 2.09. The molecule has 0 aromatic rings. The quantitative estimate of drug-likeness (QED) is 0.644. The lowest BCUT2D eigenvalue weighted by Gasteiger charge is -2.34. The second-order valence-corrected chi connectivity index (χ2v) is 6.16. The molecule has 17 heavy (non-hydrogen) atoms. The van der Waals surface area contributed by atoms with Gasteiger partial charge in [-0.05, 0) is 13.0 Å². The summed E-state index contributed by atoms with van der Waals surface area (Å²) in [7, 11) is -0.337. The van der Waals surface area contributed by atoms with Gasteiger partial charge in [0.05, 0.1) is 0 Å². The first-order valence-corrected chi connectivity index (χ1v) is 6.88. The fourth-order valence-electron chi connectivity index (χ4n) is 1.62. The summed E-state index contributed by atoms with van der Waals surface area (Å²) < 4.78 is 26.2. The number of hydrogen-bond donors (Lipinski definition) is 0. The predicted molar refractivity (Wildman–Crippen MR) is 65.6 cm³/mol. The van der Waals surface area contributed by atoms with Crippen LogP contribution >= 0.6 is 0 Å². The minimum Gasteiger partial charge on any atom is -0.337 e. The second-order valence-electron chi connectivity index (χ2n) is 4.01. The van der Waals surface area contributed by atoms with Gasteiger partial charge in [0.15, 0.2) is 0 Å². The molecule has 1 aliphatic heterocycles. The Morgan fingerprint density at radius 1 is 1.18 bits per heavy atom. The van der Waals surface area contributed by atoms with Crippen LogP contribution in [0.15, 0.2) is 12.2 Å². The molecule has 0 aromatic carbocycles. The first-order valence-electron chi connectivity index (χ1n) is 5.48. The molecule has 1 fully saturated rings. The fraction of sp³-hybridized carbons (Fsp3) is 0.700. The van der Waals surface area contributed by atoms with Crippen LogP contribution in [0, 0.1) is 0 Å². The van der Waals surface area contributed by atoms with E-state index in [9.17, 15) is 13.2 Å². The first kappa shape index (κ1) is 14.1. The Balaban J connectivity index is 2.60. The van der Waals surface area contributed by atoms with Gasteiger partial charge in [-0.15, -0.1) is 0 Å². The van der Waals surface area contributed by atoms with E-state index in [1.807, 2.05) is 0 Å². The Labute approximate surface area is 103 Å². The molecule has 1 aliphatic rings. The highest BCUT2D eigenvalue weighted by atomic mass is 32.2. The zero-order valence-electron chi connectivity index (χ0n) is 10.5. The SMILES string of the molecule is CC=CC(=O)N1CCN(S(=O)(=O)N(C)C)CC1. The van der Waals surface area contributed by atoms with Gasteiger partial charge in [-0.3, -0.25) is 4.79 Å². The maximum Gasteiger partial charge on any atom is 0.281 e. The Morgan fingerprint density at radius 3 is 2.12 bits per heavy atom. The molecule has 0 aliphatic carbocycles. The topological polar surface area (TPSA) is 60.9 Å². The number of amides is 1. The highest BCUT2D eigenvalue weighted by Gasteiger charge is 2.29. The van der Waals surface area contributed by atoms with Gasteiger partial charge in [0.1, 0.15) is 0 Å². The average Bonchev–Trinajstić information content (AvgIpc) is 2.29. The zero-order chi connectivity index (χ0) is 13.1. The zero-order valence-corrected chi connectivity index (χ0v) is 11.3. The summed E-state index contributed by atoms with van der Waals surface area (Å²) in [6.07, 6.45) is 3.18. The standard InChI is InChI=1S/C10H19N3O3S/c1-4-5-10(14)12-6-8-13(9-7-12)17(15,16)11(2)3/h4-5H,6-9H2,1-3H3. The third-order valence-corrected chi connectivity index (χ3v) is 4.59. The summed E-state index contributed by atoms with van der Waals surface area (Å²) in [5.74, 6) is -0.0607. The van der Waals surface area contributed by atoms with Gasteiger partial charge in [0.25, 0.3) is 10.2 Å². The predicted octanol–water partition coefficient (Wildman–Crippen LogP) is -0.487. The van der Waals surface area contributed by atoms with Crippen molar-refractivity contribution >= 4 is 16.1 Å². The van der Waals surface area contributed by atoms with Crippen LogP contribution < -0.4 is 0 Å². The fourth-order valence-corrected chi connectivity index (χ4v) is 2.70. The van der Waals surface area contributed by atoms with Gasteiger partial charge in [-0.2, -0.15) is 17.0 Å². The van der Waals surface area contributed by atoms with Crippen LogP contribution in [0.25, 0.3) is 0 Å². The molecule has 0 bridgehead atoms. The van der Waals surface area contributed by atoms with Crippen molar-refractivity contribution in [1.82, 2.24) is 13.5 Å². The van der Waals surface area contributed by atoms with Crippen molar-refractivity contribution in [2.75, 3.05) is 40.3 Å². The molecule has 0 unspecified atom stereocenters. The van der Waals surface area contributed by atoms with E-state index in [0.717, 1.165) is 0 Å². The molecular weight excluding hydrogens is 242 g/mol. The highest BCUT2D eigenvalue weighted by molar-refractivity contribution is 7.86. The van der Waals surface area contributed by atoms with Gasteiger partial charge in [-0.1, -0.05) is 6.08 Å². The molecule has 0 spiro atoms. The maximum absolute atomic E-state index is 11.8. The van der Waals surface area contributed by atoms with Gasteiger partial charge >= 0.3 is 0 Å². The van der Waals surface area contributed by atoms with Crippen molar-refractivity contribution in [3.05, 3.63) is 12.2 Å². The van der Waals surface area contributed by atoms with Gasteiger partial charge in [0.2, 0.25) is 5.91 Å². The van der Waals surface area contributed by atoms with E-state index >= 15 is 0 Å². The minimum absolute atomic E-state index is 0.0607. The number of piperazine rings is 1. The van der Waals surface area contributed by atoms with Crippen LogP contribution in [0.2, 0.25) is 0 Å². The molecular formula is C10H19N3O3S. The van der Waals surface area contributed by atoms with Crippen LogP contribution in [0.1, 0.15) is 6.92 Å². The summed E-state index contributed by atoms with van der Waals surface area (Å²) in [6, 6.07) is 0. The van der Waals surface area contributed by atoms with E-state index < -0.39 is 10.2 Å². The van der Waals surface area contributed by atoms with E-state index in [1.165, 1.54) is 28.8 Å². The lowest BCUT2D eigenvalue weighted by Crippen LogP contribution is -2.52. The summed E-state index contributed by atoms with van der Waals surface area (Å²) in [5, 5.41) is 0. The molecule has 0 N–H and O–H groups in total. The van der Waals surface area contributed by atoms with E-state index in [4.69, 9.17) is 0 Å². The number of rotatable bonds is 3. The molecule has 0 aromatic heterocycles. The number of hydrogen-bond acceptors (Lipinski definition) is 3. The summed E-state index contributed by atoms with van der Waals surface area (Å²) in [4.78, 5) is 13.2. The van der Waals surface area contributed by atoms with Crippen molar-refractivity contribution in [3.8, 4) is 0 Å². The van der Waals surface area contributed by atoms with Crippen LogP contribution in [0.5, 0.6) is 0 Å². The Kier molecular flexibility index (Phi) is 4.67. The molecule has 1 rings (SSSR count). The number of allylic oxidation sites excluding steroid dienone is 1. The Morgan fingerprint density at radius 2 is 1.71 bits per heavy atom. The maximum atomic E-state index is 11.8. The monoisotopic (exact) mass is 261 g/mol. The van der Waals surface area contributed by atoms with E-state index in [0.29, 0.717) is 26.2 Å². The van der Waals surface area contributed by atoms with Crippen molar-refractivity contribution in [2.45, 2.75) is 6.92 Å². The molecule has 6 nitrogen and oxygen atoms in total. The molecule has 1 saturated heterocycles. The van der Waals surface area contributed by atoms with Crippen LogP contribution in [-0.4, -0.2) is 68.1 Å². The number of carbonyl (C=O) groups excluding carboxylic acids is 1. The van der Waals surface area contributed by atoms with Gasteiger partial charge in [0, 0.05) is 40.3 Å². The van der Waals surface area contributed by atoms with Crippen molar-refractivity contribution in [2.24, 2.45) is 0 Å². The Bertz CT molecular complexity index is 395. The number of carbonyl (C=O) groups is 1. The van der Waals surface area contributed by atoms with E-state index in [1.54, 1.807) is 17.9 Å². The summed E-state index contributed by atoms with van der Waals surface area (Å²) in [5.41, 5.74) is 0. The lowest BCUT2D eigenvalue weighted by atomic mass is 10.3. The van der Waals surface area contributed by atoms with Crippen molar-refractivity contribution in [1.29, 1.82) is 0 Å². The molecule has 0 saturated carbocycles. The molecule has 0 radical (unpaired) electrons. The summed E-state index contributed by atoms with van der Waals surface area (Å²) in [6.45, 7) is 3.37. The molecule has 1 heterocycles. The van der Waals surface area contributed by atoms with Crippen molar-refractivity contribution in [3.63, 3.8) is 0 Å². The van der Waals surface area contributed by atoms with Gasteiger partial charge < -0.3 is 4.90 Å². The third-order valence-electron chi connectivity index (χ3n) is 2.65. The number of nitrogens with zero attached hydrogens (tertiary/aromatic N) is 3.